The Morgan fingerprint density at radius 2 is 1.74 bits per heavy atom. The zero-order valence-electron chi connectivity index (χ0n) is 20.1. The quantitative estimate of drug-likeness (QED) is 0.499. The molecule has 0 radical (unpaired) electrons. The third-order valence-corrected chi connectivity index (χ3v) is 5.41. The Morgan fingerprint density at radius 1 is 1.03 bits per heavy atom. The first-order valence-electron chi connectivity index (χ1n) is 11.6. The number of ether oxygens (including phenoxy) is 1. The summed E-state index contributed by atoms with van der Waals surface area (Å²) in [5.41, 5.74) is 2.48. The number of ketones is 1. The van der Waals surface area contributed by atoms with Gasteiger partial charge in [0.1, 0.15) is 11.9 Å². The van der Waals surface area contributed by atoms with Crippen LogP contribution in [0, 0.1) is 0 Å². The first kappa shape index (κ1) is 24.7. The van der Waals surface area contributed by atoms with Gasteiger partial charge in [-0.15, -0.1) is 0 Å². The molecule has 0 saturated heterocycles. The van der Waals surface area contributed by atoms with Crippen LogP contribution in [0.4, 0.5) is 0 Å². The minimum Gasteiger partial charge on any atom is -0.503 e. The van der Waals surface area contributed by atoms with Gasteiger partial charge in [-0.25, -0.2) is 4.68 Å². The van der Waals surface area contributed by atoms with E-state index in [4.69, 9.17) is 4.74 Å². The van der Waals surface area contributed by atoms with E-state index in [0.717, 1.165) is 22.4 Å². The van der Waals surface area contributed by atoms with Crippen LogP contribution in [-0.4, -0.2) is 26.8 Å². The highest BCUT2D eigenvalue weighted by Crippen LogP contribution is 2.43. The molecule has 1 aliphatic heterocycles. The topological polar surface area (TPSA) is 81.4 Å². The van der Waals surface area contributed by atoms with Crippen LogP contribution in [0.25, 0.3) is 16.8 Å². The fourth-order valence-corrected chi connectivity index (χ4v) is 3.96. The normalized spacial score (nSPS) is 16.7. The molecular formula is C28H30N2O4. The summed E-state index contributed by atoms with van der Waals surface area (Å²) >= 11 is 0. The van der Waals surface area contributed by atoms with Gasteiger partial charge in [0.25, 0.3) is 5.43 Å². The van der Waals surface area contributed by atoms with Crippen molar-refractivity contribution in [2.45, 2.75) is 46.6 Å². The van der Waals surface area contributed by atoms with Crippen LogP contribution >= 0.6 is 0 Å². The van der Waals surface area contributed by atoms with Gasteiger partial charge >= 0.3 is 0 Å². The maximum Gasteiger partial charge on any atom is 0.252 e. The average molecular weight is 459 g/mol. The van der Waals surface area contributed by atoms with Crippen LogP contribution in [0.5, 0.6) is 11.5 Å². The van der Waals surface area contributed by atoms with E-state index < -0.39 is 17.0 Å². The van der Waals surface area contributed by atoms with Crippen molar-refractivity contribution in [3.8, 4) is 28.3 Å². The van der Waals surface area contributed by atoms with Crippen molar-refractivity contribution >= 4 is 5.78 Å². The molecule has 34 heavy (non-hydrogen) atoms. The lowest BCUT2D eigenvalue weighted by Gasteiger charge is -2.15. The minimum absolute atomic E-state index is 0.00575. The Morgan fingerprint density at radius 3 is 2.47 bits per heavy atom. The number of aromatic nitrogens is 2. The van der Waals surface area contributed by atoms with Gasteiger partial charge in [-0.05, 0) is 29.8 Å². The Kier molecular flexibility index (Phi) is 7.84. The molecule has 0 bridgehead atoms. The first-order valence-corrected chi connectivity index (χ1v) is 11.6. The second-order valence-corrected chi connectivity index (χ2v) is 7.34. The molecule has 1 aromatic heterocycles. The number of fused-ring (bicyclic) bond motifs is 3. The third kappa shape index (κ3) is 4.57. The van der Waals surface area contributed by atoms with Gasteiger partial charge in [0, 0.05) is 24.0 Å². The van der Waals surface area contributed by atoms with E-state index in [9.17, 15) is 14.7 Å². The zero-order valence-corrected chi connectivity index (χ0v) is 20.1. The van der Waals surface area contributed by atoms with Crippen LogP contribution in [0.1, 0.15) is 56.6 Å². The molecule has 2 aromatic carbocycles. The highest BCUT2D eigenvalue weighted by molar-refractivity contribution is 5.92. The summed E-state index contributed by atoms with van der Waals surface area (Å²) in [7, 11) is 0. The molecule has 0 amide bonds. The number of nitrogens with zero attached hydrogens (tertiary/aromatic N) is 2. The highest BCUT2D eigenvalue weighted by Gasteiger charge is 2.32. The Bertz CT molecular complexity index is 1300. The number of benzene rings is 2. The maximum absolute atomic E-state index is 12.0. The first-order chi connectivity index (χ1) is 16.5. The number of hydrogen-bond donors (Lipinski definition) is 1. The number of para-hydroxylation sites is 1. The van der Waals surface area contributed by atoms with Crippen LogP contribution in [0.2, 0.25) is 0 Å². The molecule has 6 heteroatoms. The molecule has 2 unspecified atom stereocenters. The Hall–Kier alpha value is -3.93. The molecule has 5 rings (SSSR count). The van der Waals surface area contributed by atoms with Gasteiger partial charge in [0.15, 0.2) is 17.2 Å². The van der Waals surface area contributed by atoms with E-state index in [1.165, 1.54) is 17.8 Å². The molecule has 1 N–H and O–H groups in total. The SMILES string of the molecule is CC.CC.CC(=O)c1nn(-c2ccccc2-c2ccc3c(c2)C2C=CC=CC2O3)cc(O)c1=O. The van der Waals surface area contributed by atoms with Crippen LogP contribution in [0.3, 0.4) is 0 Å². The van der Waals surface area contributed by atoms with Crippen molar-refractivity contribution in [2.75, 3.05) is 0 Å². The minimum atomic E-state index is -0.769. The Balaban J connectivity index is 0.000000771. The average Bonchev–Trinajstić information content (AvgIpc) is 3.26. The second-order valence-electron chi connectivity index (χ2n) is 7.34. The number of rotatable bonds is 3. The summed E-state index contributed by atoms with van der Waals surface area (Å²) < 4.78 is 7.40. The van der Waals surface area contributed by atoms with E-state index in [1.54, 1.807) is 0 Å². The smallest absolute Gasteiger partial charge is 0.252 e. The zero-order chi connectivity index (χ0) is 24.8. The molecule has 176 valence electrons. The molecule has 6 nitrogen and oxygen atoms in total. The van der Waals surface area contributed by atoms with Crippen LogP contribution in [-0.2, 0) is 0 Å². The number of carbonyl (C=O) groups is 1. The highest BCUT2D eigenvalue weighted by atomic mass is 16.5. The predicted octanol–water partition coefficient (Wildman–Crippen LogP) is 5.83. The number of carbonyl (C=O) groups excluding carboxylic acids is 1. The fourth-order valence-electron chi connectivity index (χ4n) is 3.96. The van der Waals surface area contributed by atoms with E-state index >= 15 is 0 Å². The van der Waals surface area contributed by atoms with Crippen molar-refractivity contribution in [3.05, 3.63) is 94.4 Å². The third-order valence-electron chi connectivity index (χ3n) is 5.41. The van der Waals surface area contributed by atoms with Crippen molar-refractivity contribution < 1.29 is 14.6 Å². The summed E-state index contributed by atoms with van der Waals surface area (Å²) in [4.78, 5) is 23.8. The van der Waals surface area contributed by atoms with Gasteiger partial charge in [0.05, 0.1) is 11.9 Å². The van der Waals surface area contributed by atoms with Crippen molar-refractivity contribution in [2.24, 2.45) is 0 Å². The molecule has 0 spiro atoms. The standard InChI is InChI=1S/C24H18N2O4.2C2H6/c1-14(27)23-24(29)20(28)13-26(25-23)19-8-4-2-6-16(19)15-10-11-22-18(12-15)17-7-3-5-9-21(17)30-22;2*1-2/h2-13,17,21,28H,1H3;2*1-2H3. The lowest BCUT2D eigenvalue weighted by Crippen LogP contribution is -2.20. The molecule has 0 fully saturated rings. The van der Waals surface area contributed by atoms with Crippen LogP contribution < -0.4 is 10.2 Å². The summed E-state index contributed by atoms with van der Waals surface area (Å²) in [6.45, 7) is 9.25. The number of Topliss-reactive ketones (excluding diaryl/α,β-unsaturated/α-hetero) is 1. The molecular weight excluding hydrogens is 428 g/mol. The largest absolute Gasteiger partial charge is 0.503 e. The molecule has 0 saturated carbocycles. The van der Waals surface area contributed by atoms with Gasteiger partial charge in [-0.1, -0.05) is 70.2 Å². The summed E-state index contributed by atoms with van der Waals surface area (Å²) in [5.74, 6) is 0.00532. The number of allylic oxidation sites excluding steroid dienone is 2. The summed E-state index contributed by atoms with van der Waals surface area (Å²) in [6, 6.07) is 13.5. The maximum atomic E-state index is 12.0. The van der Waals surface area contributed by atoms with E-state index in [1.807, 2.05) is 76.2 Å². The lowest BCUT2D eigenvalue weighted by atomic mass is 9.90. The van der Waals surface area contributed by atoms with Gasteiger partial charge in [-0.3, -0.25) is 9.59 Å². The summed E-state index contributed by atoms with van der Waals surface area (Å²) in [6.07, 6.45) is 9.43. The molecule has 2 atom stereocenters. The number of aromatic hydroxyl groups is 1. The fraction of sp³-hybridized carbons (Fsp3) is 0.250. The second kappa shape index (κ2) is 10.8. The monoisotopic (exact) mass is 458 g/mol. The van der Waals surface area contributed by atoms with Gasteiger partial charge < -0.3 is 9.84 Å². The molecule has 2 heterocycles. The van der Waals surface area contributed by atoms with E-state index in [0.29, 0.717) is 5.69 Å². The van der Waals surface area contributed by atoms with Crippen molar-refractivity contribution in [3.63, 3.8) is 0 Å². The van der Waals surface area contributed by atoms with Gasteiger partial charge in [0.2, 0.25) is 0 Å². The van der Waals surface area contributed by atoms with Crippen molar-refractivity contribution in [1.29, 1.82) is 0 Å². The van der Waals surface area contributed by atoms with E-state index in [2.05, 4.69) is 23.3 Å². The molecule has 3 aromatic rings. The van der Waals surface area contributed by atoms with Gasteiger partial charge in [-0.2, -0.15) is 5.10 Å². The van der Waals surface area contributed by atoms with Crippen LogP contribution in [0.15, 0.2) is 77.8 Å². The molecule has 1 aliphatic carbocycles. The van der Waals surface area contributed by atoms with E-state index in [-0.39, 0.29) is 17.7 Å². The lowest BCUT2D eigenvalue weighted by molar-refractivity contribution is 0.100. The summed E-state index contributed by atoms with van der Waals surface area (Å²) in [5, 5.41) is 14.2. The number of hydrogen-bond acceptors (Lipinski definition) is 5. The predicted molar refractivity (Wildman–Crippen MR) is 135 cm³/mol. The van der Waals surface area contributed by atoms with Crippen molar-refractivity contribution in [1.82, 2.24) is 9.78 Å². The molecule has 2 aliphatic rings. The Labute approximate surface area is 199 Å².